The Kier molecular flexibility index (Phi) is 5.60. The molecule has 0 radical (unpaired) electrons. The molecule has 2 heterocycles. The molecule has 2 N–H and O–H groups in total. The topological polar surface area (TPSA) is 71.8 Å². The zero-order chi connectivity index (χ0) is 20.2. The van der Waals surface area contributed by atoms with E-state index in [1.807, 2.05) is 50.2 Å². The molecule has 3 aromatic rings. The van der Waals surface area contributed by atoms with Gasteiger partial charge in [0.05, 0.1) is 11.3 Å². The first-order chi connectivity index (χ1) is 14.1. The number of benzene rings is 1. The average Bonchev–Trinajstić information content (AvgIpc) is 3.36. The molecule has 6 heteroatoms. The highest BCUT2D eigenvalue weighted by Gasteiger charge is 2.14. The molecular formula is C23H27N5O. The van der Waals surface area contributed by atoms with Crippen molar-refractivity contribution in [2.75, 3.05) is 17.2 Å². The molecule has 1 fully saturated rings. The van der Waals surface area contributed by atoms with E-state index >= 15 is 0 Å². The van der Waals surface area contributed by atoms with Gasteiger partial charge in [-0.1, -0.05) is 12.8 Å². The second-order valence-corrected chi connectivity index (χ2v) is 7.81. The molecule has 1 aliphatic rings. The van der Waals surface area contributed by atoms with Crippen LogP contribution in [0.15, 0.2) is 48.7 Å². The Hall–Kier alpha value is -3.15. The number of aromatic nitrogens is 3. The van der Waals surface area contributed by atoms with E-state index in [9.17, 15) is 4.79 Å². The van der Waals surface area contributed by atoms with Crippen LogP contribution >= 0.6 is 0 Å². The van der Waals surface area contributed by atoms with E-state index in [-0.39, 0.29) is 5.91 Å². The molecule has 6 nitrogen and oxygen atoms in total. The third kappa shape index (κ3) is 4.65. The second kappa shape index (κ2) is 8.47. The van der Waals surface area contributed by atoms with Gasteiger partial charge < -0.3 is 10.6 Å². The van der Waals surface area contributed by atoms with Crippen molar-refractivity contribution in [1.29, 1.82) is 0 Å². The standard InChI is InChI=1S/C23H27N5O/c1-16-13-17(2)28(27-16)22-12-7-19(15-25-22)23(29)26-21-10-8-20(9-11-21)24-14-18-5-3-4-6-18/h7-13,15,18,24H,3-6,14H2,1-2H3,(H,26,29). The minimum Gasteiger partial charge on any atom is -0.385 e. The lowest BCUT2D eigenvalue weighted by Gasteiger charge is -2.12. The highest BCUT2D eigenvalue weighted by molar-refractivity contribution is 6.04. The van der Waals surface area contributed by atoms with Gasteiger partial charge in [-0.25, -0.2) is 9.67 Å². The van der Waals surface area contributed by atoms with Crippen LogP contribution in [-0.2, 0) is 0 Å². The van der Waals surface area contributed by atoms with Crippen LogP contribution in [0.25, 0.3) is 5.82 Å². The first kappa shape index (κ1) is 19.2. The normalized spacial score (nSPS) is 14.1. The monoisotopic (exact) mass is 389 g/mol. The number of pyridine rings is 1. The van der Waals surface area contributed by atoms with E-state index in [0.717, 1.165) is 35.2 Å². The Balaban J connectivity index is 1.35. The maximum atomic E-state index is 12.5. The highest BCUT2D eigenvalue weighted by atomic mass is 16.1. The molecule has 0 unspecified atom stereocenters. The zero-order valence-electron chi connectivity index (χ0n) is 17.0. The van der Waals surface area contributed by atoms with Gasteiger partial charge in [-0.15, -0.1) is 0 Å². The van der Waals surface area contributed by atoms with Gasteiger partial charge >= 0.3 is 0 Å². The molecular weight excluding hydrogens is 362 g/mol. The summed E-state index contributed by atoms with van der Waals surface area (Å²) < 4.78 is 1.77. The van der Waals surface area contributed by atoms with Gasteiger partial charge in [0.1, 0.15) is 0 Å². The Morgan fingerprint density at radius 3 is 2.41 bits per heavy atom. The van der Waals surface area contributed by atoms with Gasteiger partial charge in [0.25, 0.3) is 5.91 Å². The summed E-state index contributed by atoms with van der Waals surface area (Å²) in [6, 6.07) is 13.4. The Morgan fingerprint density at radius 2 is 1.79 bits per heavy atom. The molecule has 0 aliphatic heterocycles. The predicted molar refractivity (Wildman–Crippen MR) is 116 cm³/mol. The number of carbonyl (C=O) groups excluding carboxylic acids is 1. The molecule has 1 saturated carbocycles. The van der Waals surface area contributed by atoms with E-state index in [0.29, 0.717) is 11.4 Å². The summed E-state index contributed by atoms with van der Waals surface area (Å²) in [6.45, 7) is 4.95. The number of aryl methyl sites for hydroxylation is 2. The first-order valence-corrected chi connectivity index (χ1v) is 10.2. The minimum atomic E-state index is -0.177. The SMILES string of the molecule is Cc1cc(C)n(-c2ccc(C(=O)Nc3ccc(NCC4CCCC4)cc3)cn2)n1. The number of carbonyl (C=O) groups is 1. The van der Waals surface area contributed by atoms with Crippen molar-refractivity contribution in [1.82, 2.24) is 14.8 Å². The van der Waals surface area contributed by atoms with E-state index in [1.54, 1.807) is 16.9 Å². The quantitative estimate of drug-likeness (QED) is 0.639. The van der Waals surface area contributed by atoms with E-state index in [4.69, 9.17) is 0 Å². The first-order valence-electron chi connectivity index (χ1n) is 10.2. The molecule has 0 bridgehead atoms. The van der Waals surface area contributed by atoms with Gasteiger partial charge in [0.15, 0.2) is 5.82 Å². The number of hydrogen-bond donors (Lipinski definition) is 2. The Morgan fingerprint density at radius 1 is 1.07 bits per heavy atom. The molecule has 1 aromatic carbocycles. The molecule has 1 amide bonds. The molecule has 0 atom stereocenters. The second-order valence-electron chi connectivity index (χ2n) is 7.81. The van der Waals surface area contributed by atoms with Gasteiger partial charge in [-0.3, -0.25) is 4.79 Å². The smallest absolute Gasteiger partial charge is 0.257 e. The van der Waals surface area contributed by atoms with Crippen LogP contribution in [-0.4, -0.2) is 27.2 Å². The van der Waals surface area contributed by atoms with Crippen LogP contribution in [0.4, 0.5) is 11.4 Å². The number of hydrogen-bond acceptors (Lipinski definition) is 4. The molecule has 1 aliphatic carbocycles. The van der Waals surface area contributed by atoms with Crippen LogP contribution in [0.2, 0.25) is 0 Å². The van der Waals surface area contributed by atoms with E-state index < -0.39 is 0 Å². The van der Waals surface area contributed by atoms with Crippen LogP contribution in [0, 0.1) is 19.8 Å². The van der Waals surface area contributed by atoms with Gasteiger partial charge in [0.2, 0.25) is 0 Å². The number of nitrogens with zero attached hydrogens (tertiary/aromatic N) is 3. The lowest BCUT2D eigenvalue weighted by molar-refractivity contribution is 0.102. The van der Waals surface area contributed by atoms with Gasteiger partial charge in [0, 0.05) is 29.8 Å². The molecule has 4 rings (SSSR count). The lowest BCUT2D eigenvalue weighted by Crippen LogP contribution is -2.13. The summed E-state index contributed by atoms with van der Waals surface area (Å²) in [5.41, 5.74) is 4.31. The zero-order valence-corrected chi connectivity index (χ0v) is 17.0. The number of amides is 1. The summed E-state index contributed by atoms with van der Waals surface area (Å²) in [5.74, 6) is 1.31. The number of nitrogens with one attached hydrogen (secondary N) is 2. The summed E-state index contributed by atoms with van der Waals surface area (Å²) in [6.07, 6.45) is 6.95. The molecule has 2 aromatic heterocycles. The molecule has 0 saturated heterocycles. The molecule has 29 heavy (non-hydrogen) atoms. The van der Waals surface area contributed by atoms with Crippen molar-refractivity contribution in [3.63, 3.8) is 0 Å². The van der Waals surface area contributed by atoms with Crippen molar-refractivity contribution in [2.45, 2.75) is 39.5 Å². The fourth-order valence-corrected chi connectivity index (χ4v) is 3.86. The van der Waals surface area contributed by atoms with Crippen LogP contribution in [0.1, 0.15) is 47.4 Å². The van der Waals surface area contributed by atoms with Crippen LogP contribution in [0.5, 0.6) is 0 Å². The maximum Gasteiger partial charge on any atom is 0.257 e. The van der Waals surface area contributed by atoms with E-state index in [1.165, 1.54) is 25.7 Å². The summed E-state index contributed by atoms with van der Waals surface area (Å²) >= 11 is 0. The van der Waals surface area contributed by atoms with Crippen molar-refractivity contribution < 1.29 is 4.79 Å². The number of anilines is 2. The fraction of sp³-hybridized carbons (Fsp3) is 0.348. The average molecular weight is 390 g/mol. The largest absolute Gasteiger partial charge is 0.385 e. The Bertz CT molecular complexity index is 970. The van der Waals surface area contributed by atoms with Crippen molar-refractivity contribution in [3.05, 3.63) is 65.6 Å². The number of rotatable bonds is 6. The Labute approximate surface area is 171 Å². The van der Waals surface area contributed by atoms with Gasteiger partial charge in [-0.2, -0.15) is 5.10 Å². The molecule has 150 valence electrons. The third-order valence-electron chi connectivity index (χ3n) is 5.45. The summed E-state index contributed by atoms with van der Waals surface area (Å²) in [7, 11) is 0. The summed E-state index contributed by atoms with van der Waals surface area (Å²) in [4.78, 5) is 16.9. The predicted octanol–water partition coefficient (Wildman–Crippen LogP) is 4.74. The van der Waals surface area contributed by atoms with Crippen LogP contribution < -0.4 is 10.6 Å². The van der Waals surface area contributed by atoms with Crippen molar-refractivity contribution in [2.24, 2.45) is 5.92 Å². The van der Waals surface area contributed by atoms with Crippen LogP contribution in [0.3, 0.4) is 0 Å². The third-order valence-corrected chi connectivity index (χ3v) is 5.45. The van der Waals surface area contributed by atoms with Crippen molar-refractivity contribution in [3.8, 4) is 5.82 Å². The molecule has 0 spiro atoms. The van der Waals surface area contributed by atoms with Crippen molar-refractivity contribution >= 4 is 17.3 Å². The summed E-state index contributed by atoms with van der Waals surface area (Å²) in [5, 5.41) is 10.8. The highest BCUT2D eigenvalue weighted by Crippen LogP contribution is 2.25. The van der Waals surface area contributed by atoms with Gasteiger partial charge in [-0.05, 0) is 75.1 Å². The maximum absolute atomic E-state index is 12.5. The minimum absolute atomic E-state index is 0.177. The fourth-order valence-electron chi connectivity index (χ4n) is 3.86. The van der Waals surface area contributed by atoms with E-state index in [2.05, 4.69) is 20.7 Å². The lowest BCUT2D eigenvalue weighted by atomic mass is 10.1.